The molecule has 152 valence electrons. The molecule has 4 nitrogen and oxygen atoms in total. The zero-order valence-corrected chi connectivity index (χ0v) is 17.1. The highest BCUT2D eigenvalue weighted by Gasteiger charge is 2.31. The van der Waals surface area contributed by atoms with Gasteiger partial charge in [0.1, 0.15) is 6.04 Å². The van der Waals surface area contributed by atoms with Gasteiger partial charge in [-0.25, -0.2) is 4.98 Å². The molecule has 2 N–H and O–H groups in total. The number of carbonyl (C=O) groups is 1. The lowest BCUT2D eigenvalue weighted by Gasteiger charge is -2.23. The highest BCUT2D eigenvalue weighted by molar-refractivity contribution is 7.15. The average molecular weight is 432 g/mol. The molecule has 28 heavy (non-hydrogen) atoms. The maximum absolute atomic E-state index is 12.8. The lowest BCUT2D eigenvalue weighted by molar-refractivity contribution is -0.137. The maximum atomic E-state index is 12.8. The summed E-state index contributed by atoms with van der Waals surface area (Å²) in [4.78, 5) is 18.5. The van der Waals surface area contributed by atoms with Gasteiger partial charge in [-0.1, -0.05) is 25.4 Å². The van der Waals surface area contributed by atoms with Crippen molar-refractivity contribution in [2.24, 2.45) is 5.92 Å². The van der Waals surface area contributed by atoms with Crippen LogP contribution in [-0.4, -0.2) is 16.9 Å². The molecule has 1 heterocycles. The quantitative estimate of drug-likeness (QED) is 0.631. The number of hydrogen-bond donors (Lipinski definition) is 2. The summed E-state index contributed by atoms with van der Waals surface area (Å²) in [5.41, 5.74) is 0.496. The number of rotatable bonds is 5. The summed E-state index contributed by atoms with van der Waals surface area (Å²) < 4.78 is 38.4. The highest BCUT2D eigenvalue weighted by Crippen LogP contribution is 2.34. The van der Waals surface area contributed by atoms with Crippen LogP contribution in [0.1, 0.15) is 42.8 Å². The summed E-state index contributed by atoms with van der Waals surface area (Å²) >= 11 is 7.50. The number of nitrogens with zero attached hydrogens (tertiary/aromatic N) is 1. The van der Waals surface area contributed by atoms with Gasteiger partial charge in [-0.3, -0.25) is 4.79 Å². The van der Waals surface area contributed by atoms with Crippen LogP contribution in [0.3, 0.4) is 0 Å². The van der Waals surface area contributed by atoms with Gasteiger partial charge < -0.3 is 10.6 Å². The molecule has 1 aliphatic rings. The predicted molar refractivity (Wildman–Crippen MR) is 106 cm³/mol. The second kappa shape index (κ2) is 8.29. The lowest BCUT2D eigenvalue weighted by Crippen LogP contribution is -2.39. The zero-order chi connectivity index (χ0) is 20.5. The van der Waals surface area contributed by atoms with Crippen LogP contribution in [-0.2, 0) is 23.8 Å². The number of aromatic nitrogens is 1. The fourth-order valence-electron chi connectivity index (χ4n) is 3.10. The minimum absolute atomic E-state index is 0.0852. The Hall–Kier alpha value is -1.80. The molecule has 0 saturated carbocycles. The molecule has 3 rings (SSSR count). The summed E-state index contributed by atoms with van der Waals surface area (Å²) in [5.74, 6) is -0.412. The van der Waals surface area contributed by atoms with Crippen LogP contribution < -0.4 is 10.6 Å². The Morgan fingerprint density at radius 1 is 1.25 bits per heavy atom. The molecule has 0 aliphatic heterocycles. The third-order valence-corrected chi connectivity index (χ3v) is 6.02. The molecule has 0 fully saturated rings. The normalized spacial score (nSPS) is 15.2. The molecule has 2 aromatic rings. The summed E-state index contributed by atoms with van der Waals surface area (Å²) in [5, 5.41) is 6.28. The van der Waals surface area contributed by atoms with Crippen LogP contribution in [0, 0.1) is 5.92 Å². The molecule has 0 saturated heterocycles. The monoisotopic (exact) mass is 431 g/mol. The molecule has 1 aliphatic carbocycles. The fourth-order valence-corrected chi connectivity index (χ4v) is 4.39. The maximum Gasteiger partial charge on any atom is 0.416 e. The Morgan fingerprint density at radius 2 is 1.96 bits per heavy atom. The van der Waals surface area contributed by atoms with Crippen molar-refractivity contribution in [2.75, 3.05) is 10.6 Å². The van der Waals surface area contributed by atoms with Crippen molar-refractivity contribution in [3.05, 3.63) is 39.4 Å². The van der Waals surface area contributed by atoms with E-state index in [2.05, 4.69) is 15.6 Å². The molecule has 1 unspecified atom stereocenters. The number of aryl methyl sites for hydroxylation is 2. The van der Waals surface area contributed by atoms with E-state index >= 15 is 0 Å². The van der Waals surface area contributed by atoms with Gasteiger partial charge in [0.05, 0.1) is 22.0 Å². The first-order valence-corrected chi connectivity index (χ1v) is 10.3. The number of halogens is 4. The van der Waals surface area contributed by atoms with Crippen LogP contribution in [0.4, 0.5) is 24.0 Å². The second-order valence-corrected chi connectivity index (χ2v) is 8.63. The molecule has 0 radical (unpaired) electrons. The largest absolute Gasteiger partial charge is 0.416 e. The van der Waals surface area contributed by atoms with Gasteiger partial charge >= 0.3 is 6.18 Å². The van der Waals surface area contributed by atoms with E-state index in [9.17, 15) is 18.0 Å². The third-order valence-electron chi connectivity index (χ3n) is 4.63. The van der Waals surface area contributed by atoms with Crippen LogP contribution in [0.15, 0.2) is 18.2 Å². The third kappa shape index (κ3) is 4.78. The number of carbonyl (C=O) groups excluding carboxylic acids is 1. The first-order valence-electron chi connectivity index (χ1n) is 9.08. The zero-order valence-electron chi connectivity index (χ0n) is 15.5. The number of nitrogens with one attached hydrogen (secondary N) is 2. The number of benzene rings is 1. The van der Waals surface area contributed by atoms with Crippen molar-refractivity contribution in [1.29, 1.82) is 0 Å². The summed E-state index contributed by atoms with van der Waals surface area (Å²) in [6, 6.07) is 2.37. The molecular weight excluding hydrogens is 411 g/mol. The molecule has 0 spiro atoms. The molecule has 1 amide bonds. The first kappa shape index (κ1) is 20.9. The molecule has 1 aromatic carbocycles. The topological polar surface area (TPSA) is 54.0 Å². The van der Waals surface area contributed by atoms with Crippen molar-refractivity contribution < 1.29 is 18.0 Å². The van der Waals surface area contributed by atoms with Gasteiger partial charge in [0.15, 0.2) is 5.13 Å². The number of alkyl halides is 3. The van der Waals surface area contributed by atoms with E-state index in [1.54, 1.807) is 0 Å². The highest BCUT2D eigenvalue weighted by atomic mass is 35.5. The van der Waals surface area contributed by atoms with E-state index < -0.39 is 17.8 Å². The van der Waals surface area contributed by atoms with Crippen molar-refractivity contribution in [3.8, 4) is 0 Å². The number of hydrogen-bond acceptors (Lipinski definition) is 4. The van der Waals surface area contributed by atoms with Crippen LogP contribution >= 0.6 is 22.9 Å². The summed E-state index contributed by atoms with van der Waals surface area (Å²) in [7, 11) is 0. The van der Waals surface area contributed by atoms with E-state index in [0.717, 1.165) is 43.5 Å². The molecular formula is C19H21ClF3N3OS. The van der Waals surface area contributed by atoms with Gasteiger partial charge in [0.2, 0.25) is 5.91 Å². The van der Waals surface area contributed by atoms with Gasteiger partial charge in [-0.2, -0.15) is 13.2 Å². The van der Waals surface area contributed by atoms with E-state index in [0.29, 0.717) is 5.13 Å². The number of anilines is 2. The van der Waals surface area contributed by atoms with Crippen LogP contribution in [0.2, 0.25) is 5.02 Å². The molecule has 0 bridgehead atoms. The van der Waals surface area contributed by atoms with Crippen molar-refractivity contribution in [3.63, 3.8) is 0 Å². The van der Waals surface area contributed by atoms with Crippen LogP contribution in [0.25, 0.3) is 0 Å². The number of fused-ring (bicyclic) bond motifs is 1. The van der Waals surface area contributed by atoms with Gasteiger partial charge in [-0.05, 0) is 49.8 Å². The van der Waals surface area contributed by atoms with E-state index in [1.807, 2.05) is 13.8 Å². The van der Waals surface area contributed by atoms with Crippen molar-refractivity contribution in [1.82, 2.24) is 4.98 Å². The van der Waals surface area contributed by atoms with E-state index in [-0.39, 0.29) is 22.5 Å². The Labute approximate surface area is 170 Å². The SMILES string of the molecule is CC(C)C(Nc1ccc(C(F)(F)F)cc1Cl)C(=O)Nc1nc2c(s1)CCCC2. The Kier molecular flexibility index (Phi) is 6.19. The molecule has 9 heteroatoms. The lowest BCUT2D eigenvalue weighted by atomic mass is 10.0. The van der Waals surface area contributed by atoms with Crippen LogP contribution in [0.5, 0.6) is 0 Å². The van der Waals surface area contributed by atoms with Gasteiger partial charge in [0, 0.05) is 4.88 Å². The minimum atomic E-state index is -4.47. The van der Waals surface area contributed by atoms with E-state index in [4.69, 9.17) is 11.6 Å². The average Bonchev–Trinajstić information content (AvgIpc) is 3.01. The smallest absolute Gasteiger partial charge is 0.372 e. The van der Waals surface area contributed by atoms with Crippen molar-refractivity contribution >= 4 is 39.7 Å². The first-order chi connectivity index (χ1) is 13.1. The van der Waals surface area contributed by atoms with E-state index in [1.165, 1.54) is 22.3 Å². The van der Waals surface area contributed by atoms with Crippen molar-refractivity contribution in [2.45, 2.75) is 51.7 Å². The standard InChI is InChI=1S/C19H21ClF3N3OS/c1-10(2)16(24-13-8-7-11(9-12(13)20)19(21,22)23)17(27)26-18-25-14-5-3-4-6-15(14)28-18/h7-10,16,24H,3-6H2,1-2H3,(H,25,26,27). The summed E-state index contributed by atoms with van der Waals surface area (Å²) in [6.45, 7) is 3.70. The Balaban J connectivity index is 1.74. The molecule has 1 aromatic heterocycles. The summed E-state index contributed by atoms with van der Waals surface area (Å²) in [6.07, 6.45) is -0.330. The number of amides is 1. The second-order valence-electron chi connectivity index (χ2n) is 7.14. The molecule has 1 atom stereocenters. The van der Waals surface area contributed by atoms with Gasteiger partial charge in [0.25, 0.3) is 0 Å². The van der Waals surface area contributed by atoms with Gasteiger partial charge in [-0.15, -0.1) is 11.3 Å². The minimum Gasteiger partial charge on any atom is -0.372 e. The fraction of sp³-hybridized carbons (Fsp3) is 0.474. The Bertz CT molecular complexity index is 843. The number of thiazole rings is 1. The predicted octanol–water partition coefficient (Wildman–Crippen LogP) is 5.77. The Morgan fingerprint density at radius 3 is 2.57 bits per heavy atom.